The van der Waals surface area contributed by atoms with Crippen molar-refractivity contribution in [3.8, 4) is 0 Å². The predicted molar refractivity (Wildman–Crippen MR) is 109 cm³/mol. The summed E-state index contributed by atoms with van der Waals surface area (Å²) in [6.45, 7) is 5.81. The average molecular weight is 399 g/mol. The van der Waals surface area contributed by atoms with Crippen LogP contribution in [0.25, 0.3) is 0 Å². The number of fused-ring (bicyclic) bond motifs is 7. The van der Waals surface area contributed by atoms with E-state index in [2.05, 4.69) is 40.7 Å². The van der Waals surface area contributed by atoms with E-state index in [1.54, 1.807) is 0 Å². The number of nitrogens with one attached hydrogen (secondary N) is 3. The van der Waals surface area contributed by atoms with E-state index in [1.165, 1.54) is 5.56 Å². The van der Waals surface area contributed by atoms with E-state index in [0.29, 0.717) is 31.6 Å². The lowest BCUT2D eigenvalue weighted by molar-refractivity contribution is 0.0955. The molecule has 1 saturated carbocycles. The Labute approximate surface area is 170 Å². The molecule has 156 valence electrons. The molecule has 2 aromatic rings. The number of pyridine rings is 1. The van der Waals surface area contributed by atoms with Crippen molar-refractivity contribution in [1.82, 2.24) is 20.5 Å². The summed E-state index contributed by atoms with van der Waals surface area (Å²) < 4.78 is 11.4. The van der Waals surface area contributed by atoms with Crippen LogP contribution in [0.1, 0.15) is 68.3 Å². The third-order valence-corrected chi connectivity index (χ3v) is 5.56. The number of anilines is 2. The molecule has 0 unspecified atom stereocenters. The summed E-state index contributed by atoms with van der Waals surface area (Å²) in [4.78, 5) is 16.8. The molecule has 8 nitrogen and oxygen atoms in total. The fraction of sp³-hybridized carbons (Fsp3) is 0.571. The highest BCUT2D eigenvalue weighted by Crippen LogP contribution is 2.36. The normalized spacial score (nSPS) is 22.9. The van der Waals surface area contributed by atoms with Crippen LogP contribution in [0.4, 0.5) is 16.4 Å². The molecule has 0 spiro atoms. The molecule has 1 aliphatic carbocycles. The van der Waals surface area contributed by atoms with Crippen LogP contribution in [0, 0.1) is 0 Å². The lowest BCUT2D eigenvalue weighted by atomic mass is 10.0. The highest BCUT2D eigenvalue weighted by molar-refractivity contribution is 5.67. The first-order chi connectivity index (χ1) is 14.1. The lowest BCUT2D eigenvalue weighted by Crippen LogP contribution is -2.29. The monoisotopic (exact) mass is 399 g/mol. The predicted octanol–water partition coefficient (Wildman–Crippen LogP) is 3.95. The number of amides is 1. The number of aromatic amines is 1. The molecular formula is C21H29N5O3. The zero-order valence-electron chi connectivity index (χ0n) is 17.0. The Morgan fingerprint density at radius 3 is 2.97 bits per heavy atom. The van der Waals surface area contributed by atoms with Crippen molar-refractivity contribution in [1.29, 1.82) is 0 Å². The third kappa shape index (κ3) is 4.87. The SMILES string of the molecule is CC(C)c1ccc2nc1COCCCNC(=O)O[C@@H]1CC[C@@H](C1)c1cc(n[nH]1)N2. The number of aromatic nitrogens is 3. The van der Waals surface area contributed by atoms with Gasteiger partial charge in [-0.25, -0.2) is 9.78 Å². The van der Waals surface area contributed by atoms with Gasteiger partial charge in [-0.2, -0.15) is 5.10 Å². The van der Waals surface area contributed by atoms with Gasteiger partial charge in [0.15, 0.2) is 5.82 Å². The molecule has 0 aromatic carbocycles. The Bertz CT molecular complexity index is 851. The second-order valence-corrected chi connectivity index (χ2v) is 8.09. The number of hydrogen-bond acceptors (Lipinski definition) is 6. The van der Waals surface area contributed by atoms with E-state index < -0.39 is 0 Å². The molecule has 0 radical (unpaired) electrons. The van der Waals surface area contributed by atoms with Gasteiger partial charge in [0.05, 0.1) is 12.3 Å². The highest BCUT2D eigenvalue weighted by atomic mass is 16.6. The number of carbonyl (C=O) groups is 1. The number of rotatable bonds is 1. The van der Waals surface area contributed by atoms with Gasteiger partial charge in [-0.15, -0.1) is 0 Å². The van der Waals surface area contributed by atoms with Crippen LogP contribution >= 0.6 is 0 Å². The maximum absolute atomic E-state index is 12.0. The summed E-state index contributed by atoms with van der Waals surface area (Å²) in [7, 11) is 0. The maximum Gasteiger partial charge on any atom is 0.407 e. The molecule has 1 amide bonds. The molecule has 1 aliphatic heterocycles. The number of alkyl carbamates (subject to hydrolysis) is 1. The average Bonchev–Trinajstić information content (AvgIpc) is 3.33. The van der Waals surface area contributed by atoms with Crippen molar-refractivity contribution in [3.63, 3.8) is 0 Å². The van der Waals surface area contributed by atoms with Crippen LogP contribution in [0.2, 0.25) is 0 Å². The fourth-order valence-electron chi connectivity index (χ4n) is 4.02. The van der Waals surface area contributed by atoms with Crippen molar-refractivity contribution in [2.45, 2.75) is 64.1 Å². The first-order valence-corrected chi connectivity index (χ1v) is 10.4. The number of ether oxygens (including phenoxy) is 2. The molecule has 3 N–H and O–H groups in total. The second kappa shape index (κ2) is 8.82. The van der Waals surface area contributed by atoms with Crippen LogP contribution in [0.3, 0.4) is 0 Å². The summed E-state index contributed by atoms with van der Waals surface area (Å²) in [5.74, 6) is 2.17. The number of H-pyrrole nitrogens is 1. The van der Waals surface area contributed by atoms with Gasteiger partial charge in [-0.05, 0) is 43.2 Å². The van der Waals surface area contributed by atoms with Crippen LogP contribution in [-0.4, -0.2) is 40.5 Å². The maximum atomic E-state index is 12.0. The summed E-state index contributed by atoms with van der Waals surface area (Å²) in [5, 5.41) is 13.6. The molecule has 1 fully saturated rings. The van der Waals surface area contributed by atoms with Crippen molar-refractivity contribution >= 4 is 17.7 Å². The van der Waals surface area contributed by atoms with Crippen LogP contribution in [0.5, 0.6) is 0 Å². The van der Waals surface area contributed by atoms with E-state index in [0.717, 1.165) is 48.7 Å². The van der Waals surface area contributed by atoms with E-state index >= 15 is 0 Å². The van der Waals surface area contributed by atoms with Gasteiger partial charge < -0.3 is 20.1 Å². The lowest BCUT2D eigenvalue weighted by Gasteiger charge is -2.15. The van der Waals surface area contributed by atoms with Crippen LogP contribution in [-0.2, 0) is 16.1 Å². The Balaban J connectivity index is 1.56. The molecule has 2 aromatic heterocycles. The largest absolute Gasteiger partial charge is 0.446 e. The second-order valence-electron chi connectivity index (χ2n) is 8.09. The zero-order valence-corrected chi connectivity index (χ0v) is 17.0. The molecule has 8 heteroatoms. The smallest absolute Gasteiger partial charge is 0.407 e. The van der Waals surface area contributed by atoms with Gasteiger partial charge in [0.2, 0.25) is 0 Å². The quantitative estimate of drug-likeness (QED) is 0.671. The summed E-state index contributed by atoms with van der Waals surface area (Å²) in [6, 6.07) is 6.11. The Morgan fingerprint density at radius 2 is 2.10 bits per heavy atom. The van der Waals surface area contributed by atoms with E-state index in [1.807, 2.05) is 12.1 Å². The molecule has 2 aliphatic rings. The van der Waals surface area contributed by atoms with Crippen molar-refractivity contribution < 1.29 is 14.3 Å². The van der Waals surface area contributed by atoms with E-state index in [4.69, 9.17) is 14.5 Å². The Kier molecular flexibility index (Phi) is 5.99. The molecule has 2 atom stereocenters. The summed E-state index contributed by atoms with van der Waals surface area (Å²) >= 11 is 0. The number of nitrogens with zero attached hydrogens (tertiary/aromatic N) is 2. The van der Waals surface area contributed by atoms with E-state index in [9.17, 15) is 4.79 Å². The first kappa shape index (κ1) is 19.7. The highest BCUT2D eigenvalue weighted by Gasteiger charge is 2.30. The van der Waals surface area contributed by atoms with Crippen molar-refractivity contribution in [3.05, 3.63) is 35.2 Å². The summed E-state index contributed by atoms with van der Waals surface area (Å²) in [5.41, 5.74) is 3.15. The summed E-state index contributed by atoms with van der Waals surface area (Å²) in [6.07, 6.45) is 2.97. The number of hydrogen-bond donors (Lipinski definition) is 3. The molecule has 0 saturated heterocycles. The van der Waals surface area contributed by atoms with Gasteiger partial charge in [0.1, 0.15) is 11.9 Å². The first-order valence-electron chi connectivity index (χ1n) is 10.4. The van der Waals surface area contributed by atoms with E-state index in [-0.39, 0.29) is 12.2 Å². The standard InChI is InChI=1S/C21H29N5O3/c1-13(2)16-6-7-19-23-18(16)12-28-9-3-8-22-21(27)29-15-5-4-14(10-15)17-11-20(24-19)26-25-17/h6-7,11,13-15H,3-5,8-10,12H2,1-2H3,(H,22,27)(H2,23,24,25,26)/t14-,15+/m0/s1. The van der Waals surface area contributed by atoms with Gasteiger partial charge in [-0.3, -0.25) is 5.10 Å². The minimum absolute atomic E-state index is 0.0531. The molecule has 6 bridgehead atoms. The Hall–Kier alpha value is -2.61. The minimum Gasteiger partial charge on any atom is -0.446 e. The molecule has 3 heterocycles. The minimum atomic E-state index is -0.347. The molecular weight excluding hydrogens is 370 g/mol. The van der Waals surface area contributed by atoms with Crippen LogP contribution < -0.4 is 10.6 Å². The van der Waals surface area contributed by atoms with Gasteiger partial charge >= 0.3 is 6.09 Å². The van der Waals surface area contributed by atoms with Crippen LogP contribution in [0.15, 0.2) is 18.2 Å². The third-order valence-electron chi connectivity index (χ3n) is 5.56. The molecule has 4 rings (SSSR count). The molecule has 29 heavy (non-hydrogen) atoms. The van der Waals surface area contributed by atoms with Gasteiger partial charge in [-0.1, -0.05) is 19.9 Å². The van der Waals surface area contributed by atoms with Gasteiger partial charge in [0.25, 0.3) is 0 Å². The fourth-order valence-corrected chi connectivity index (χ4v) is 4.02. The van der Waals surface area contributed by atoms with Gasteiger partial charge in [0, 0.05) is 30.8 Å². The zero-order chi connectivity index (χ0) is 20.2. The topological polar surface area (TPSA) is 101 Å². The van der Waals surface area contributed by atoms with Crippen molar-refractivity contribution in [2.24, 2.45) is 0 Å². The van der Waals surface area contributed by atoms with Crippen molar-refractivity contribution in [2.75, 3.05) is 18.5 Å². The Morgan fingerprint density at radius 1 is 1.21 bits per heavy atom. The number of carbonyl (C=O) groups excluding carboxylic acids is 1.